The normalized spacial score (nSPS) is 15.7. The molecule has 0 aliphatic rings. The number of carboxylic acid groups (broad SMARTS) is 1. The molecule has 5 unspecified atom stereocenters. The van der Waals surface area contributed by atoms with Crippen LogP contribution in [-0.2, 0) is 25.6 Å². The zero-order valence-electron chi connectivity index (χ0n) is 18.5. The van der Waals surface area contributed by atoms with Gasteiger partial charge in [-0.1, -0.05) is 26.0 Å². The van der Waals surface area contributed by atoms with Crippen molar-refractivity contribution in [2.45, 2.75) is 64.4 Å². The third-order valence-corrected chi connectivity index (χ3v) is 4.77. The van der Waals surface area contributed by atoms with E-state index in [4.69, 9.17) is 5.73 Å². The molecule has 0 heterocycles. The van der Waals surface area contributed by atoms with Crippen LogP contribution < -0.4 is 21.7 Å². The van der Waals surface area contributed by atoms with Crippen LogP contribution in [0.4, 0.5) is 0 Å². The SMILES string of the molecule is CC(NC(=O)C(NC(=O)C(N)Cc1ccc(O)cc1)C(C)O)C(=O)NC(C(=O)O)C(C)C. The number of phenolic OH excluding ortho intramolecular Hbond substituents is 1. The Balaban J connectivity index is 2.73. The molecule has 0 saturated carbocycles. The fourth-order valence-corrected chi connectivity index (χ4v) is 2.80. The van der Waals surface area contributed by atoms with Crippen molar-refractivity contribution in [2.24, 2.45) is 11.7 Å². The molecular weight excluding hydrogens is 420 g/mol. The minimum atomic E-state index is -1.39. The van der Waals surface area contributed by atoms with E-state index in [-0.39, 0.29) is 18.1 Å². The Morgan fingerprint density at radius 2 is 1.41 bits per heavy atom. The number of nitrogens with two attached hydrogens (primary N) is 1. The summed E-state index contributed by atoms with van der Waals surface area (Å²) in [6, 6.07) is 1.44. The Labute approximate surface area is 186 Å². The monoisotopic (exact) mass is 452 g/mol. The molecule has 1 aromatic rings. The Morgan fingerprint density at radius 1 is 0.875 bits per heavy atom. The van der Waals surface area contributed by atoms with Crippen LogP contribution in [0, 0.1) is 5.92 Å². The molecule has 0 fully saturated rings. The van der Waals surface area contributed by atoms with E-state index in [1.807, 2.05) is 0 Å². The average molecular weight is 453 g/mol. The van der Waals surface area contributed by atoms with Gasteiger partial charge in [-0.3, -0.25) is 14.4 Å². The van der Waals surface area contributed by atoms with Crippen LogP contribution >= 0.6 is 0 Å². The molecule has 0 spiro atoms. The molecule has 0 bridgehead atoms. The molecule has 178 valence electrons. The summed E-state index contributed by atoms with van der Waals surface area (Å²) in [6.45, 7) is 5.90. The van der Waals surface area contributed by atoms with Crippen molar-refractivity contribution in [3.63, 3.8) is 0 Å². The number of benzene rings is 1. The van der Waals surface area contributed by atoms with Gasteiger partial charge in [-0.25, -0.2) is 4.79 Å². The van der Waals surface area contributed by atoms with Gasteiger partial charge in [-0.05, 0) is 43.9 Å². The molecule has 0 aromatic heterocycles. The number of aliphatic hydroxyl groups excluding tert-OH is 1. The Morgan fingerprint density at radius 3 is 1.88 bits per heavy atom. The van der Waals surface area contributed by atoms with E-state index >= 15 is 0 Å². The first-order chi connectivity index (χ1) is 14.8. The highest BCUT2D eigenvalue weighted by atomic mass is 16.4. The minimum absolute atomic E-state index is 0.0684. The number of aromatic hydroxyl groups is 1. The number of carbonyl (C=O) groups excluding carboxylic acids is 3. The van der Waals surface area contributed by atoms with Gasteiger partial charge in [0.05, 0.1) is 12.1 Å². The molecule has 1 aromatic carbocycles. The predicted molar refractivity (Wildman–Crippen MR) is 115 cm³/mol. The topological polar surface area (TPSA) is 191 Å². The number of phenols is 1. The second kappa shape index (κ2) is 12.0. The number of carboxylic acids is 1. The van der Waals surface area contributed by atoms with E-state index in [0.29, 0.717) is 5.56 Å². The minimum Gasteiger partial charge on any atom is -0.508 e. The van der Waals surface area contributed by atoms with Crippen LogP contribution in [0.1, 0.15) is 33.3 Å². The van der Waals surface area contributed by atoms with Gasteiger partial charge < -0.3 is 37.0 Å². The fourth-order valence-electron chi connectivity index (χ4n) is 2.80. The Bertz CT molecular complexity index is 811. The van der Waals surface area contributed by atoms with Gasteiger partial charge in [-0.15, -0.1) is 0 Å². The summed E-state index contributed by atoms with van der Waals surface area (Å²) in [5.74, 6) is -3.76. The fraction of sp³-hybridized carbons (Fsp3) is 0.524. The van der Waals surface area contributed by atoms with E-state index in [1.54, 1.807) is 26.0 Å². The van der Waals surface area contributed by atoms with Crippen LogP contribution in [0.15, 0.2) is 24.3 Å². The summed E-state index contributed by atoms with van der Waals surface area (Å²) in [7, 11) is 0. The van der Waals surface area contributed by atoms with Crippen LogP contribution in [0.5, 0.6) is 5.75 Å². The van der Waals surface area contributed by atoms with Crippen LogP contribution in [-0.4, -0.2) is 69.3 Å². The standard InChI is InChI=1S/C21H32N4O7/c1-10(2)16(21(31)32)24-18(28)11(3)23-20(30)17(12(4)26)25-19(29)15(22)9-13-5-7-14(27)8-6-13/h5-8,10-12,15-17,26-27H,9,22H2,1-4H3,(H,23,30)(H,24,28)(H,25,29)(H,31,32). The van der Waals surface area contributed by atoms with Crippen LogP contribution in [0.3, 0.4) is 0 Å². The maximum Gasteiger partial charge on any atom is 0.326 e. The summed E-state index contributed by atoms with van der Waals surface area (Å²) in [5, 5.41) is 35.5. The predicted octanol–water partition coefficient (Wildman–Crippen LogP) is -1.14. The molecule has 5 atom stereocenters. The van der Waals surface area contributed by atoms with Gasteiger partial charge in [0.1, 0.15) is 23.9 Å². The van der Waals surface area contributed by atoms with Crippen molar-refractivity contribution in [1.82, 2.24) is 16.0 Å². The first kappa shape index (κ1) is 26.9. The first-order valence-corrected chi connectivity index (χ1v) is 10.2. The van der Waals surface area contributed by atoms with Crippen LogP contribution in [0.2, 0.25) is 0 Å². The van der Waals surface area contributed by atoms with E-state index in [9.17, 15) is 34.5 Å². The summed E-state index contributed by atoms with van der Waals surface area (Å²) < 4.78 is 0. The lowest BCUT2D eigenvalue weighted by Crippen LogP contribution is -2.59. The number of amides is 3. The zero-order valence-corrected chi connectivity index (χ0v) is 18.5. The second-order valence-corrected chi connectivity index (χ2v) is 8.00. The summed E-state index contributed by atoms with van der Waals surface area (Å²) >= 11 is 0. The molecular formula is C21H32N4O7. The maximum atomic E-state index is 12.6. The smallest absolute Gasteiger partial charge is 0.326 e. The van der Waals surface area contributed by atoms with Crippen molar-refractivity contribution in [1.29, 1.82) is 0 Å². The van der Waals surface area contributed by atoms with Crippen molar-refractivity contribution >= 4 is 23.7 Å². The number of rotatable bonds is 11. The lowest BCUT2D eigenvalue weighted by molar-refractivity contribution is -0.143. The highest BCUT2D eigenvalue weighted by Gasteiger charge is 2.31. The van der Waals surface area contributed by atoms with E-state index in [0.717, 1.165) is 0 Å². The van der Waals surface area contributed by atoms with Gasteiger partial charge in [0.25, 0.3) is 0 Å². The number of aliphatic carboxylic acids is 1. The van der Waals surface area contributed by atoms with E-state index < -0.39 is 54.0 Å². The lowest BCUT2D eigenvalue weighted by Gasteiger charge is -2.25. The highest BCUT2D eigenvalue weighted by Crippen LogP contribution is 2.11. The van der Waals surface area contributed by atoms with Gasteiger partial charge in [0.2, 0.25) is 17.7 Å². The Kier molecular flexibility index (Phi) is 10.1. The number of hydrogen-bond donors (Lipinski definition) is 7. The summed E-state index contributed by atoms with van der Waals surface area (Å²) in [5.41, 5.74) is 6.58. The van der Waals surface area contributed by atoms with Crippen molar-refractivity contribution in [3.8, 4) is 5.75 Å². The third-order valence-electron chi connectivity index (χ3n) is 4.77. The number of aliphatic hydroxyl groups is 1. The van der Waals surface area contributed by atoms with Crippen molar-refractivity contribution < 1.29 is 34.5 Å². The van der Waals surface area contributed by atoms with Gasteiger partial charge in [-0.2, -0.15) is 0 Å². The van der Waals surface area contributed by atoms with E-state index in [1.165, 1.54) is 26.0 Å². The van der Waals surface area contributed by atoms with E-state index in [2.05, 4.69) is 16.0 Å². The first-order valence-electron chi connectivity index (χ1n) is 10.2. The van der Waals surface area contributed by atoms with Crippen molar-refractivity contribution in [2.75, 3.05) is 0 Å². The summed E-state index contributed by atoms with van der Waals surface area (Å²) in [4.78, 5) is 48.5. The molecule has 11 heteroatoms. The molecule has 0 saturated heterocycles. The summed E-state index contributed by atoms with van der Waals surface area (Å²) in [6.07, 6.45) is -1.16. The van der Waals surface area contributed by atoms with Gasteiger partial charge >= 0.3 is 5.97 Å². The number of carbonyl (C=O) groups is 4. The van der Waals surface area contributed by atoms with Gasteiger partial charge in [0.15, 0.2) is 0 Å². The molecule has 11 nitrogen and oxygen atoms in total. The van der Waals surface area contributed by atoms with Gasteiger partial charge in [0, 0.05) is 0 Å². The third kappa shape index (κ3) is 8.16. The quantitative estimate of drug-likeness (QED) is 0.219. The average Bonchev–Trinajstić information content (AvgIpc) is 2.70. The molecule has 0 aliphatic carbocycles. The largest absolute Gasteiger partial charge is 0.508 e. The molecule has 1 rings (SSSR count). The Hall–Kier alpha value is -3.18. The molecule has 3 amide bonds. The van der Waals surface area contributed by atoms with Crippen molar-refractivity contribution in [3.05, 3.63) is 29.8 Å². The molecule has 32 heavy (non-hydrogen) atoms. The number of hydrogen-bond acceptors (Lipinski definition) is 7. The molecule has 8 N–H and O–H groups in total. The van der Waals surface area contributed by atoms with Crippen LogP contribution in [0.25, 0.3) is 0 Å². The molecule has 0 radical (unpaired) electrons. The number of nitrogens with one attached hydrogen (secondary N) is 3. The highest BCUT2D eigenvalue weighted by molar-refractivity contribution is 5.94. The molecule has 0 aliphatic heterocycles. The zero-order chi connectivity index (χ0) is 24.6. The maximum absolute atomic E-state index is 12.6. The second-order valence-electron chi connectivity index (χ2n) is 8.00. The lowest BCUT2D eigenvalue weighted by atomic mass is 10.0.